The van der Waals surface area contributed by atoms with Gasteiger partial charge < -0.3 is 9.84 Å². The smallest absolute Gasteiger partial charge is 0.363 e. The minimum absolute atomic E-state index is 0.00233. The monoisotopic (exact) mass is 388 g/mol. The summed E-state index contributed by atoms with van der Waals surface area (Å²) in [6.45, 7) is 0. The van der Waals surface area contributed by atoms with Crippen LogP contribution in [0.25, 0.3) is 6.08 Å². The molecule has 1 N–H and O–H groups in total. The molecule has 8 heteroatoms. The SMILES string of the molecule is O=C1OC(c2ccc([N+](=O)[O-])cc2)=N/C1=C\c1cc(Br)ccc1O. The van der Waals surface area contributed by atoms with Gasteiger partial charge in [-0.15, -0.1) is 0 Å². The van der Waals surface area contributed by atoms with Gasteiger partial charge >= 0.3 is 5.97 Å². The summed E-state index contributed by atoms with van der Waals surface area (Å²) in [5.41, 5.74) is 0.802. The van der Waals surface area contributed by atoms with Crippen molar-refractivity contribution in [1.82, 2.24) is 0 Å². The van der Waals surface area contributed by atoms with Gasteiger partial charge in [0.2, 0.25) is 5.90 Å². The maximum atomic E-state index is 11.9. The molecule has 0 spiro atoms. The topological polar surface area (TPSA) is 102 Å². The van der Waals surface area contributed by atoms with Gasteiger partial charge in [-0.05, 0) is 36.4 Å². The molecule has 0 radical (unpaired) electrons. The van der Waals surface area contributed by atoms with Crippen molar-refractivity contribution in [2.45, 2.75) is 0 Å². The molecular formula is C16H9BrN2O5. The van der Waals surface area contributed by atoms with Crippen molar-refractivity contribution in [3.8, 4) is 5.75 Å². The van der Waals surface area contributed by atoms with Crippen LogP contribution in [0.3, 0.4) is 0 Å². The number of rotatable bonds is 3. The van der Waals surface area contributed by atoms with Crippen LogP contribution in [0, 0.1) is 10.1 Å². The van der Waals surface area contributed by atoms with Gasteiger partial charge in [0.25, 0.3) is 5.69 Å². The first kappa shape index (κ1) is 15.9. The molecule has 120 valence electrons. The molecule has 1 aliphatic rings. The molecule has 0 fully saturated rings. The first-order valence-electron chi connectivity index (χ1n) is 6.70. The lowest BCUT2D eigenvalue weighted by Gasteiger charge is -1.99. The summed E-state index contributed by atoms with van der Waals surface area (Å²) in [5.74, 6) is -0.615. The predicted molar refractivity (Wildman–Crippen MR) is 89.5 cm³/mol. The zero-order chi connectivity index (χ0) is 17.3. The summed E-state index contributed by atoms with van der Waals surface area (Å²) in [6.07, 6.45) is 1.40. The molecule has 0 bridgehead atoms. The van der Waals surface area contributed by atoms with Crippen LogP contribution in [0.4, 0.5) is 5.69 Å². The van der Waals surface area contributed by atoms with Crippen molar-refractivity contribution in [3.63, 3.8) is 0 Å². The second kappa shape index (κ2) is 6.25. The number of aromatic hydroxyl groups is 1. The average molecular weight is 389 g/mol. The van der Waals surface area contributed by atoms with E-state index in [2.05, 4.69) is 20.9 Å². The number of cyclic esters (lactones) is 1. The van der Waals surface area contributed by atoms with Crippen LogP contribution in [0.1, 0.15) is 11.1 Å². The Balaban J connectivity index is 1.94. The summed E-state index contributed by atoms with van der Waals surface area (Å²) < 4.78 is 5.82. The number of carbonyl (C=O) groups is 1. The molecule has 0 unspecified atom stereocenters. The Morgan fingerprint density at radius 3 is 2.58 bits per heavy atom. The Morgan fingerprint density at radius 2 is 1.92 bits per heavy atom. The molecule has 0 aromatic heterocycles. The number of phenols is 1. The molecule has 0 aliphatic carbocycles. The zero-order valence-corrected chi connectivity index (χ0v) is 13.6. The lowest BCUT2D eigenvalue weighted by atomic mass is 10.1. The first-order chi connectivity index (χ1) is 11.4. The minimum atomic E-state index is -0.664. The van der Waals surface area contributed by atoms with E-state index in [9.17, 15) is 20.0 Å². The standard InChI is InChI=1S/C16H9BrN2O5/c17-11-3-6-14(20)10(7-11)8-13-16(21)24-15(18-13)9-1-4-12(5-2-9)19(22)23/h1-8,20H/b13-8-. The number of phenolic OH excluding ortho intramolecular Hbond substituents is 1. The van der Waals surface area contributed by atoms with Crippen molar-refractivity contribution in [1.29, 1.82) is 0 Å². The normalized spacial score (nSPS) is 15.3. The molecule has 1 heterocycles. The van der Waals surface area contributed by atoms with Crippen LogP contribution in [0.2, 0.25) is 0 Å². The molecule has 2 aromatic carbocycles. The van der Waals surface area contributed by atoms with Crippen molar-refractivity contribution < 1.29 is 19.6 Å². The zero-order valence-electron chi connectivity index (χ0n) is 12.0. The van der Waals surface area contributed by atoms with Crippen LogP contribution in [-0.4, -0.2) is 21.9 Å². The number of benzene rings is 2. The molecule has 24 heavy (non-hydrogen) atoms. The third kappa shape index (κ3) is 3.18. The number of hydrogen-bond donors (Lipinski definition) is 1. The second-order valence-corrected chi connectivity index (χ2v) is 5.76. The summed E-state index contributed by atoms with van der Waals surface area (Å²) in [5, 5.41) is 20.5. The fraction of sp³-hybridized carbons (Fsp3) is 0. The van der Waals surface area contributed by atoms with Crippen LogP contribution in [-0.2, 0) is 9.53 Å². The largest absolute Gasteiger partial charge is 0.507 e. The molecular weight excluding hydrogens is 380 g/mol. The van der Waals surface area contributed by atoms with Gasteiger partial charge in [-0.25, -0.2) is 9.79 Å². The van der Waals surface area contributed by atoms with E-state index in [1.807, 2.05) is 0 Å². The number of esters is 1. The number of aliphatic imine (C=N–C) groups is 1. The third-order valence-corrected chi connectivity index (χ3v) is 3.72. The predicted octanol–water partition coefficient (Wildman–Crippen LogP) is 3.41. The van der Waals surface area contributed by atoms with Crippen LogP contribution >= 0.6 is 15.9 Å². The summed E-state index contributed by atoms with van der Waals surface area (Å²) >= 11 is 3.28. The van der Waals surface area contributed by atoms with E-state index in [0.717, 1.165) is 4.47 Å². The van der Waals surface area contributed by atoms with Gasteiger partial charge in [-0.3, -0.25) is 10.1 Å². The highest BCUT2D eigenvalue weighted by Gasteiger charge is 2.24. The fourth-order valence-corrected chi connectivity index (χ4v) is 2.43. The van der Waals surface area contributed by atoms with E-state index in [4.69, 9.17) is 4.74 Å². The average Bonchev–Trinajstić information content (AvgIpc) is 2.92. The number of ether oxygens (including phenoxy) is 1. The molecule has 0 saturated carbocycles. The van der Waals surface area contributed by atoms with Gasteiger partial charge in [0.05, 0.1) is 4.92 Å². The molecule has 1 aliphatic heterocycles. The van der Waals surface area contributed by atoms with Crippen LogP contribution < -0.4 is 0 Å². The number of nitro groups is 1. The van der Waals surface area contributed by atoms with Crippen molar-refractivity contribution in [2.24, 2.45) is 4.99 Å². The Hall–Kier alpha value is -3.00. The molecule has 7 nitrogen and oxygen atoms in total. The molecule has 0 amide bonds. The van der Waals surface area contributed by atoms with E-state index < -0.39 is 10.9 Å². The summed E-state index contributed by atoms with van der Waals surface area (Å²) in [7, 11) is 0. The number of hydrogen-bond acceptors (Lipinski definition) is 6. The van der Waals surface area contributed by atoms with Gasteiger partial charge in [0, 0.05) is 27.7 Å². The van der Waals surface area contributed by atoms with Gasteiger partial charge in [0.1, 0.15) is 5.75 Å². The number of nitro benzene ring substituents is 1. The highest BCUT2D eigenvalue weighted by Crippen LogP contribution is 2.27. The number of non-ortho nitro benzene ring substituents is 1. The van der Waals surface area contributed by atoms with E-state index in [1.165, 1.54) is 36.4 Å². The second-order valence-electron chi connectivity index (χ2n) is 4.84. The number of carbonyl (C=O) groups excluding carboxylic acids is 1. The van der Waals surface area contributed by atoms with E-state index in [1.54, 1.807) is 12.1 Å². The first-order valence-corrected chi connectivity index (χ1v) is 7.49. The van der Waals surface area contributed by atoms with Gasteiger partial charge in [0.15, 0.2) is 5.70 Å². The fourth-order valence-electron chi connectivity index (χ4n) is 2.05. The maximum absolute atomic E-state index is 11.9. The van der Waals surface area contributed by atoms with E-state index in [-0.39, 0.29) is 23.0 Å². The van der Waals surface area contributed by atoms with E-state index >= 15 is 0 Å². The van der Waals surface area contributed by atoms with Crippen molar-refractivity contribution in [3.05, 3.63) is 73.9 Å². The van der Waals surface area contributed by atoms with Crippen LogP contribution in [0.5, 0.6) is 5.75 Å². The minimum Gasteiger partial charge on any atom is -0.507 e. The van der Waals surface area contributed by atoms with Crippen molar-refractivity contribution in [2.75, 3.05) is 0 Å². The Bertz CT molecular complexity index is 903. The number of nitrogens with zero attached hydrogens (tertiary/aromatic N) is 2. The molecule has 3 rings (SSSR count). The third-order valence-electron chi connectivity index (χ3n) is 3.23. The Labute approximate surface area is 144 Å². The maximum Gasteiger partial charge on any atom is 0.363 e. The lowest BCUT2D eigenvalue weighted by molar-refractivity contribution is -0.384. The highest BCUT2D eigenvalue weighted by atomic mass is 79.9. The molecule has 2 aromatic rings. The Kier molecular flexibility index (Phi) is 4.13. The van der Waals surface area contributed by atoms with Gasteiger partial charge in [-0.2, -0.15) is 0 Å². The molecule has 0 saturated heterocycles. The van der Waals surface area contributed by atoms with Crippen molar-refractivity contribution >= 4 is 39.6 Å². The van der Waals surface area contributed by atoms with E-state index in [0.29, 0.717) is 11.1 Å². The molecule has 0 atom stereocenters. The summed E-state index contributed by atoms with van der Waals surface area (Å²) in [4.78, 5) is 26.2. The number of halogens is 1. The lowest BCUT2D eigenvalue weighted by Crippen LogP contribution is -2.05. The van der Waals surface area contributed by atoms with Crippen LogP contribution in [0.15, 0.2) is 57.6 Å². The Morgan fingerprint density at radius 1 is 1.21 bits per heavy atom. The quantitative estimate of drug-likeness (QED) is 0.375. The van der Waals surface area contributed by atoms with Gasteiger partial charge in [-0.1, -0.05) is 15.9 Å². The summed E-state index contributed by atoms with van der Waals surface area (Å²) in [6, 6.07) is 10.3. The highest BCUT2D eigenvalue weighted by molar-refractivity contribution is 9.10.